The van der Waals surface area contributed by atoms with Crippen LogP contribution in [0.2, 0.25) is 0 Å². The number of carbonyl (C=O) groups excluding carboxylic acids is 2. The Balaban J connectivity index is 0.000000284. The number of likely N-dealkylation sites (tertiary alicyclic amines) is 4. The van der Waals surface area contributed by atoms with Crippen LogP contribution < -0.4 is 0 Å². The highest BCUT2D eigenvalue weighted by molar-refractivity contribution is 5.77. The summed E-state index contributed by atoms with van der Waals surface area (Å²) in [6, 6.07) is 1.29. The van der Waals surface area contributed by atoms with Gasteiger partial charge in [-0.3, -0.25) is 9.59 Å². The molecule has 4 saturated heterocycles. The van der Waals surface area contributed by atoms with E-state index < -0.39 is 0 Å². The molecule has 0 saturated carbocycles. The number of piperidine rings is 4. The van der Waals surface area contributed by atoms with Crippen molar-refractivity contribution in [2.24, 2.45) is 23.7 Å². The van der Waals surface area contributed by atoms with Crippen LogP contribution in [-0.2, 0) is 28.5 Å². The van der Waals surface area contributed by atoms with E-state index in [1.807, 2.05) is 9.80 Å². The zero-order chi connectivity index (χ0) is 37.7. The van der Waals surface area contributed by atoms with Crippen LogP contribution in [0.4, 0.5) is 0 Å². The predicted octanol–water partition coefficient (Wildman–Crippen LogP) is 6.36. The molecular formula is C42H80N4O6. The highest BCUT2D eigenvalue weighted by Gasteiger charge is 2.26. The molecule has 52 heavy (non-hydrogen) atoms. The quantitative estimate of drug-likeness (QED) is 0.142. The largest absolute Gasteiger partial charge is 0.381 e. The van der Waals surface area contributed by atoms with Crippen molar-refractivity contribution < 1.29 is 28.5 Å². The molecule has 0 N–H and O–H groups in total. The second kappa shape index (κ2) is 25.7. The lowest BCUT2D eigenvalue weighted by molar-refractivity contribution is -0.139. The van der Waals surface area contributed by atoms with Gasteiger partial charge in [0.25, 0.3) is 0 Å². The smallest absolute Gasteiger partial charge is 0.248 e. The molecule has 10 nitrogen and oxygen atoms in total. The molecule has 304 valence electrons. The third kappa shape index (κ3) is 17.0. The highest BCUT2D eigenvalue weighted by atomic mass is 16.5. The van der Waals surface area contributed by atoms with Crippen molar-refractivity contribution >= 4 is 11.8 Å². The molecule has 0 aromatic heterocycles. The molecule has 0 aromatic carbocycles. The Kier molecular flexibility index (Phi) is 22.3. The fourth-order valence-electron chi connectivity index (χ4n) is 8.12. The van der Waals surface area contributed by atoms with Crippen molar-refractivity contribution in [3.8, 4) is 0 Å². The number of carbonyl (C=O) groups is 2. The Hall–Kier alpha value is -1.30. The summed E-state index contributed by atoms with van der Waals surface area (Å²) < 4.78 is 22.9. The summed E-state index contributed by atoms with van der Waals surface area (Å²) in [4.78, 5) is 33.4. The minimum Gasteiger partial charge on any atom is -0.381 e. The third-order valence-electron chi connectivity index (χ3n) is 12.4. The SMILES string of the molecule is CCC(C)C1CCN(C(=O)COCCCOCC2CCN(C(C)C)CC2)CC1.CCC1CCN(C(=O)COCCOC2CCN(C(C)C)CC2)CC1. The standard InChI is InChI=1S/C23H44N2O3.C19H36N2O3/c1-5-20(4)22-9-13-25(14-10-22)23(26)18-28-16-6-15-27-17-21-7-11-24(12-8-21)19(2)3;1-4-17-5-9-21(10-6-17)19(22)15-23-13-14-24-18-7-11-20(12-8-18)16(2)3/h19-22H,5-18H2,1-4H3;16-18H,4-15H2,1-3H3. The van der Waals surface area contributed by atoms with Crippen molar-refractivity contribution in [2.75, 3.05) is 98.6 Å². The fraction of sp³-hybridized carbons (Fsp3) is 0.952. The first-order chi connectivity index (χ1) is 25.1. The van der Waals surface area contributed by atoms with E-state index in [0.717, 1.165) is 115 Å². The van der Waals surface area contributed by atoms with Crippen LogP contribution in [0.3, 0.4) is 0 Å². The van der Waals surface area contributed by atoms with E-state index in [2.05, 4.69) is 58.3 Å². The summed E-state index contributed by atoms with van der Waals surface area (Å²) in [5.74, 6) is 3.34. The molecule has 4 aliphatic rings. The van der Waals surface area contributed by atoms with Gasteiger partial charge in [0.05, 0.1) is 19.3 Å². The maximum Gasteiger partial charge on any atom is 0.248 e. The maximum atomic E-state index is 12.3. The summed E-state index contributed by atoms with van der Waals surface area (Å²) >= 11 is 0. The molecule has 4 rings (SSSR count). The van der Waals surface area contributed by atoms with E-state index in [1.54, 1.807) is 0 Å². The minimum absolute atomic E-state index is 0.134. The first kappa shape index (κ1) is 45.1. The Morgan fingerprint density at radius 1 is 0.577 bits per heavy atom. The first-order valence-corrected chi connectivity index (χ1v) is 21.5. The van der Waals surface area contributed by atoms with Gasteiger partial charge in [-0.05, 0) is 122 Å². The van der Waals surface area contributed by atoms with Gasteiger partial charge in [-0.1, -0.05) is 33.6 Å². The van der Waals surface area contributed by atoms with Crippen molar-refractivity contribution in [3.63, 3.8) is 0 Å². The monoisotopic (exact) mass is 737 g/mol. The van der Waals surface area contributed by atoms with E-state index in [4.69, 9.17) is 18.9 Å². The number of hydrogen-bond donors (Lipinski definition) is 0. The van der Waals surface area contributed by atoms with Crippen molar-refractivity contribution in [3.05, 3.63) is 0 Å². The van der Waals surface area contributed by atoms with Crippen LogP contribution in [0.5, 0.6) is 0 Å². The summed E-state index contributed by atoms with van der Waals surface area (Å²) in [7, 11) is 0. The lowest BCUT2D eigenvalue weighted by atomic mass is 9.84. The molecule has 1 atom stereocenters. The van der Waals surface area contributed by atoms with Gasteiger partial charge in [0, 0.05) is 71.2 Å². The number of amides is 2. The molecule has 0 radical (unpaired) electrons. The molecule has 0 spiro atoms. The van der Waals surface area contributed by atoms with E-state index in [-0.39, 0.29) is 25.0 Å². The second-order valence-corrected chi connectivity index (χ2v) is 16.6. The van der Waals surface area contributed by atoms with Crippen LogP contribution in [0.1, 0.15) is 119 Å². The van der Waals surface area contributed by atoms with Crippen LogP contribution in [-0.4, -0.2) is 148 Å². The average Bonchev–Trinajstić information content (AvgIpc) is 3.17. The van der Waals surface area contributed by atoms with E-state index in [9.17, 15) is 9.59 Å². The zero-order valence-corrected chi connectivity index (χ0v) is 34.7. The van der Waals surface area contributed by atoms with E-state index >= 15 is 0 Å². The van der Waals surface area contributed by atoms with Gasteiger partial charge in [-0.25, -0.2) is 0 Å². The van der Waals surface area contributed by atoms with Crippen LogP contribution in [0, 0.1) is 23.7 Å². The Morgan fingerprint density at radius 2 is 1.06 bits per heavy atom. The number of nitrogens with zero attached hydrogens (tertiary/aromatic N) is 4. The van der Waals surface area contributed by atoms with Crippen molar-refractivity contribution in [1.82, 2.24) is 19.6 Å². The number of rotatable bonds is 19. The van der Waals surface area contributed by atoms with E-state index in [1.165, 1.54) is 38.8 Å². The summed E-state index contributed by atoms with van der Waals surface area (Å²) in [5.41, 5.74) is 0. The topological polar surface area (TPSA) is 84.0 Å². The predicted molar refractivity (Wildman–Crippen MR) is 211 cm³/mol. The Labute approximate surface area is 319 Å². The summed E-state index contributed by atoms with van der Waals surface area (Å²) in [6.07, 6.45) is 12.9. The second-order valence-electron chi connectivity index (χ2n) is 16.6. The lowest BCUT2D eigenvalue weighted by Crippen LogP contribution is -2.41. The normalized spacial score (nSPS) is 21.5. The van der Waals surface area contributed by atoms with Crippen LogP contribution in [0.25, 0.3) is 0 Å². The Bertz CT molecular complexity index is 937. The molecule has 0 aliphatic carbocycles. The van der Waals surface area contributed by atoms with Gasteiger partial charge in [0.1, 0.15) is 13.2 Å². The number of hydrogen-bond acceptors (Lipinski definition) is 8. The molecule has 2 amide bonds. The fourth-order valence-corrected chi connectivity index (χ4v) is 8.12. The molecule has 4 aliphatic heterocycles. The van der Waals surface area contributed by atoms with Crippen LogP contribution >= 0.6 is 0 Å². The van der Waals surface area contributed by atoms with Gasteiger partial charge < -0.3 is 38.5 Å². The van der Waals surface area contributed by atoms with Gasteiger partial charge >= 0.3 is 0 Å². The maximum absolute atomic E-state index is 12.3. The molecule has 4 heterocycles. The molecule has 0 aromatic rings. The molecule has 4 fully saturated rings. The van der Waals surface area contributed by atoms with E-state index in [0.29, 0.717) is 43.9 Å². The lowest BCUT2D eigenvalue weighted by Gasteiger charge is -2.34. The number of ether oxygens (including phenoxy) is 4. The Morgan fingerprint density at radius 3 is 1.58 bits per heavy atom. The first-order valence-electron chi connectivity index (χ1n) is 21.5. The van der Waals surface area contributed by atoms with Gasteiger partial charge in [0.15, 0.2) is 0 Å². The average molecular weight is 737 g/mol. The van der Waals surface area contributed by atoms with Crippen molar-refractivity contribution in [2.45, 2.75) is 137 Å². The molecule has 10 heteroatoms. The minimum atomic E-state index is 0.134. The highest BCUT2D eigenvalue weighted by Crippen LogP contribution is 2.27. The van der Waals surface area contributed by atoms with Gasteiger partial charge in [-0.2, -0.15) is 0 Å². The van der Waals surface area contributed by atoms with Gasteiger partial charge in [0.2, 0.25) is 11.8 Å². The third-order valence-corrected chi connectivity index (χ3v) is 12.4. The van der Waals surface area contributed by atoms with Crippen LogP contribution in [0.15, 0.2) is 0 Å². The summed E-state index contributed by atoms with van der Waals surface area (Å²) in [6.45, 7) is 27.9. The molecule has 0 bridgehead atoms. The molecule has 1 unspecified atom stereocenters. The molecular weight excluding hydrogens is 656 g/mol. The zero-order valence-electron chi connectivity index (χ0n) is 34.7. The van der Waals surface area contributed by atoms with Gasteiger partial charge in [-0.15, -0.1) is 0 Å². The van der Waals surface area contributed by atoms with Crippen molar-refractivity contribution in [1.29, 1.82) is 0 Å². The summed E-state index contributed by atoms with van der Waals surface area (Å²) in [5, 5.41) is 0.